The molecule has 6 heteroatoms. The van der Waals surface area contributed by atoms with Gasteiger partial charge in [-0.2, -0.15) is 0 Å². The van der Waals surface area contributed by atoms with Gasteiger partial charge in [0.15, 0.2) is 0 Å². The highest BCUT2D eigenvalue weighted by Crippen LogP contribution is 2.34. The summed E-state index contributed by atoms with van der Waals surface area (Å²) in [4.78, 5) is 22.6. The van der Waals surface area contributed by atoms with E-state index in [1.165, 1.54) is 29.3 Å². The lowest BCUT2D eigenvalue weighted by atomic mass is 9.88. The lowest BCUT2D eigenvalue weighted by molar-refractivity contribution is -0.120. The van der Waals surface area contributed by atoms with E-state index < -0.39 is 0 Å². The molecule has 1 saturated heterocycles. The van der Waals surface area contributed by atoms with Crippen molar-refractivity contribution in [2.24, 2.45) is 5.92 Å². The third-order valence-corrected chi connectivity index (χ3v) is 7.89. The van der Waals surface area contributed by atoms with Gasteiger partial charge in [0.1, 0.15) is 5.82 Å². The van der Waals surface area contributed by atoms with Crippen molar-refractivity contribution >= 4 is 38.8 Å². The van der Waals surface area contributed by atoms with Crippen molar-refractivity contribution in [1.29, 1.82) is 0 Å². The molecule has 1 aliphatic carbocycles. The topological polar surface area (TPSA) is 48.5 Å². The van der Waals surface area contributed by atoms with Gasteiger partial charge in [-0.05, 0) is 54.4 Å². The number of piperazine rings is 1. The first-order chi connectivity index (χ1) is 15.7. The summed E-state index contributed by atoms with van der Waals surface area (Å²) in [7, 11) is 0. The highest BCUT2D eigenvalue weighted by Gasteiger charge is 2.22. The quantitative estimate of drug-likeness (QED) is 0.550. The van der Waals surface area contributed by atoms with Gasteiger partial charge in [0, 0.05) is 43.3 Å². The summed E-state index contributed by atoms with van der Waals surface area (Å²) in [5.41, 5.74) is 2.95. The average Bonchev–Trinajstić information content (AvgIpc) is 3.33. The fourth-order valence-corrected chi connectivity index (χ4v) is 5.82. The normalized spacial score (nSPS) is 18.2. The molecule has 0 atom stereocenters. The maximum Gasteiger partial charge on any atom is 0.227 e. The van der Waals surface area contributed by atoms with Gasteiger partial charge < -0.3 is 15.1 Å². The van der Waals surface area contributed by atoms with E-state index in [-0.39, 0.29) is 11.8 Å². The zero-order valence-corrected chi connectivity index (χ0v) is 19.7. The lowest BCUT2D eigenvalue weighted by Crippen LogP contribution is -2.46. The van der Waals surface area contributed by atoms with E-state index in [1.54, 1.807) is 11.3 Å². The monoisotopic (exact) mass is 448 g/mol. The zero-order valence-electron chi connectivity index (χ0n) is 18.8. The van der Waals surface area contributed by atoms with Gasteiger partial charge >= 0.3 is 0 Å². The maximum absolute atomic E-state index is 12.6. The number of rotatable bonds is 5. The van der Waals surface area contributed by atoms with Gasteiger partial charge in [-0.25, -0.2) is 4.98 Å². The van der Waals surface area contributed by atoms with E-state index in [0.29, 0.717) is 0 Å². The second-order valence-electron chi connectivity index (χ2n) is 8.99. The molecule has 2 aromatic heterocycles. The number of anilines is 2. The van der Waals surface area contributed by atoms with E-state index in [4.69, 9.17) is 4.98 Å². The van der Waals surface area contributed by atoms with Crippen LogP contribution in [-0.2, 0) is 4.79 Å². The van der Waals surface area contributed by atoms with Gasteiger partial charge in [-0.3, -0.25) is 4.79 Å². The first kappa shape index (κ1) is 21.4. The van der Waals surface area contributed by atoms with Crippen molar-refractivity contribution < 1.29 is 4.79 Å². The number of hydrogen-bond acceptors (Lipinski definition) is 5. The molecule has 1 N–H and O–H groups in total. The minimum absolute atomic E-state index is 0.168. The van der Waals surface area contributed by atoms with Gasteiger partial charge in [0.25, 0.3) is 0 Å². The third-order valence-electron chi connectivity index (χ3n) is 6.96. The summed E-state index contributed by atoms with van der Waals surface area (Å²) in [6.45, 7) is 7.55. The molecular formula is C26H32N4OS. The summed E-state index contributed by atoms with van der Waals surface area (Å²) in [6.07, 6.45) is 5.64. The number of likely N-dealkylation sites (N-methyl/N-ethyl adjacent to an activating group) is 1. The Kier molecular flexibility index (Phi) is 6.42. The molecule has 5 nitrogen and oxygen atoms in total. The van der Waals surface area contributed by atoms with Crippen LogP contribution in [0.5, 0.6) is 0 Å². The molecule has 1 aromatic carbocycles. The highest BCUT2D eigenvalue weighted by molar-refractivity contribution is 7.17. The number of carbonyl (C=O) groups excluding carboxylic acids is 1. The Morgan fingerprint density at radius 2 is 1.81 bits per heavy atom. The van der Waals surface area contributed by atoms with Crippen molar-refractivity contribution in [3.05, 3.63) is 41.8 Å². The van der Waals surface area contributed by atoms with Crippen molar-refractivity contribution in [2.45, 2.75) is 39.0 Å². The Labute approximate surface area is 194 Å². The van der Waals surface area contributed by atoms with Crippen molar-refractivity contribution in [1.82, 2.24) is 9.88 Å². The van der Waals surface area contributed by atoms with Crippen LogP contribution in [0.2, 0.25) is 0 Å². The number of benzene rings is 1. The zero-order chi connectivity index (χ0) is 21.9. The second kappa shape index (κ2) is 9.59. The average molecular weight is 449 g/mol. The number of pyridine rings is 1. The van der Waals surface area contributed by atoms with E-state index in [9.17, 15) is 4.79 Å². The SMILES string of the molecule is CCN1CCN(c2nc(-c3ccc(NC(=O)C4CCCCC4)cc3)cc3ccsc23)CC1. The Hall–Kier alpha value is -2.44. The molecule has 0 spiro atoms. The van der Waals surface area contributed by atoms with Gasteiger partial charge in [-0.1, -0.05) is 38.3 Å². The minimum atomic E-state index is 0.168. The lowest BCUT2D eigenvalue weighted by Gasteiger charge is -2.35. The molecule has 1 amide bonds. The van der Waals surface area contributed by atoms with E-state index >= 15 is 0 Å². The molecule has 0 unspecified atom stereocenters. The number of fused-ring (bicyclic) bond motifs is 1. The number of nitrogens with zero attached hydrogens (tertiary/aromatic N) is 3. The second-order valence-corrected chi connectivity index (χ2v) is 9.91. The molecule has 3 heterocycles. The fourth-order valence-electron chi connectivity index (χ4n) is 4.93. The van der Waals surface area contributed by atoms with Gasteiger partial charge in [0.05, 0.1) is 10.4 Å². The van der Waals surface area contributed by atoms with Crippen LogP contribution in [0.1, 0.15) is 39.0 Å². The molecule has 5 rings (SSSR count). The summed E-state index contributed by atoms with van der Waals surface area (Å²) in [5, 5.41) is 6.53. The number of hydrogen-bond donors (Lipinski definition) is 1. The Balaban J connectivity index is 1.36. The Bertz CT molecular complexity index is 1060. The van der Waals surface area contributed by atoms with Crippen LogP contribution in [-0.4, -0.2) is 48.5 Å². The maximum atomic E-state index is 12.6. The van der Waals surface area contributed by atoms with Crippen molar-refractivity contribution in [3.8, 4) is 11.3 Å². The minimum Gasteiger partial charge on any atom is -0.353 e. The van der Waals surface area contributed by atoms with E-state index in [2.05, 4.69) is 51.7 Å². The van der Waals surface area contributed by atoms with Crippen LogP contribution in [0.3, 0.4) is 0 Å². The van der Waals surface area contributed by atoms with Crippen LogP contribution in [0.15, 0.2) is 41.8 Å². The number of amides is 1. The van der Waals surface area contributed by atoms with Crippen LogP contribution in [0.4, 0.5) is 11.5 Å². The standard InChI is InChI=1S/C26H32N4OS/c1-2-29-13-15-30(16-14-29)25-24-21(12-17-32-24)18-23(28-25)19-8-10-22(11-9-19)27-26(31)20-6-4-3-5-7-20/h8-12,17-18,20H,2-7,13-16H2,1H3,(H,27,31). The fraction of sp³-hybridized carbons (Fsp3) is 0.462. The molecular weight excluding hydrogens is 416 g/mol. The molecule has 2 fully saturated rings. The smallest absolute Gasteiger partial charge is 0.227 e. The molecule has 2 aliphatic rings. The number of thiophene rings is 1. The first-order valence-electron chi connectivity index (χ1n) is 12.0. The third kappa shape index (κ3) is 4.52. The van der Waals surface area contributed by atoms with Crippen LogP contribution in [0, 0.1) is 5.92 Å². The number of nitrogens with one attached hydrogen (secondary N) is 1. The van der Waals surface area contributed by atoms with Crippen LogP contribution in [0.25, 0.3) is 21.3 Å². The number of carbonyl (C=O) groups is 1. The summed E-state index contributed by atoms with van der Waals surface area (Å²) < 4.78 is 1.27. The molecule has 168 valence electrons. The van der Waals surface area contributed by atoms with Crippen molar-refractivity contribution in [2.75, 3.05) is 42.9 Å². The van der Waals surface area contributed by atoms with E-state index in [1.807, 2.05) is 12.1 Å². The Morgan fingerprint density at radius 1 is 1.06 bits per heavy atom. The summed E-state index contributed by atoms with van der Waals surface area (Å²) in [5.74, 6) is 1.45. The van der Waals surface area contributed by atoms with Gasteiger partial charge in [-0.15, -0.1) is 11.3 Å². The largest absolute Gasteiger partial charge is 0.353 e. The highest BCUT2D eigenvalue weighted by atomic mass is 32.1. The first-order valence-corrected chi connectivity index (χ1v) is 12.9. The summed E-state index contributed by atoms with van der Waals surface area (Å²) >= 11 is 1.78. The number of aromatic nitrogens is 1. The van der Waals surface area contributed by atoms with Gasteiger partial charge in [0.2, 0.25) is 5.91 Å². The predicted molar refractivity (Wildman–Crippen MR) is 135 cm³/mol. The molecule has 0 bridgehead atoms. The molecule has 3 aromatic rings. The molecule has 1 aliphatic heterocycles. The summed E-state index contributed by atoms with van der Waals surface area (Å²) in [6, 6.07) is 12.6. The van der Waals surface area contributed by atoms with Crippen LogP contribution >= 0.6 is 11.3 Å². The molecule has 0 radical (unpaired) electrons. The predicted octanol–water partition coefficient (Wildman–Crippen LogP) is 5.62. The Morgan fingerprint density at radius 3 is 2.53 bits per heavy atom. The molecule has 1 saturated carbocycles. The van der Waals surface area contributed by atoms with Crippen molar-refractivity contribution in [3.63, 3.8) is 0 Å². The van der Waals surface area contributed by atoms with Crippen LogP contribution < -0.4 is 10.2 Å². The van der Waals surface area contributed by atoms with E-state index in [0.717, 1.165) is 68.3 Å². The molecule has 32 heavy (non-hydrogen) atoms.